The molecule has 1 unspecified atom stereocenters. The molecule has 0 aliphatic carbocycles. The average Bonchev–Trinajstić information content (AvgIpc) is 3.63. The molecule has 0 radical (unpaired) electrons. The largest absolute Gasteiger partial charge is 0.503 e. The normalized spacial score (nSPS) is 15.4. The Morgan fingerprint density at radius 3 is 2.28 bits per heavy atom. The number of amides is 1. The van der Waals surface area contributed by atoms with E-state index in [1.165, 1.54) is 11.8 Å². The highest BCUT2D eigenvalue weighted by atomic mass is 32.1. The number of carbonyl (C=O) groups excluding carboxylic acids is 3. The van der Waals surface area contributed by atoms with Gasteiger partial charge in [-0.05, 0) is 35.7 Å². The van der Waals surface area contributed by atoms with E-state index in [2.05, 4.69) is 4.98 Å². The number of nitrogens with zero attached hydrogens (tertiary/aromatic N) is 2. The molecule has 192 valence electrons. The lowest BCUT2D eigenvalue weighted by Crippen LogP contribution is -2.31. The average molecular weight is 535 g/mol. The van der Waals surface area contributed by atoms with E-state index in [9.17, 15) is 19.5 Å². The highest BCUT2D eigenvalue weighted by molar-refractivity contribution is 7.17. The van der Waals surface area contributed by atoms with E-state index in [1.54, 1.807) is 25.1 Å². The number of aliphatic hydroxyl groups excluding tert-OH is 1. The number of thiazole rings is 1. The van der Waals surface area contributed by atoms with E-state index < -0.39 is 23.5 Å². The van der Waals surface area contributed by atoms with Crippen molar-refractivity contribution in [1.82, 2.24) is 4.98 Å². The molecule has 0 saturated carbocycles. The van der Waals surface area contributed by atoms with E-state index in [0.29, 0.717) is 21.7 Å². The fourth-order valence-corrected chi connectivity index (χ4v) is 5.87. The third kappa shape index (κ3) is 4.15. The maximum atomic E-state index is 13.8. The number of anilines is 1. The first-order valence-electron chi connectivity index (χ1n) is 12.3. The lowest BCUT2D eigenvalue weighted by Gasteiger charge is -2.24. The number of hydrogen-bond donors (Lipinski definition) is 1. The molecule has 1 N–H and O–H groups in total. The predicted octanol–water partition coefficient (Wildman–Crippen LogP) is 6.85. The van der Waals surface area contributed by atoms with Gasteiger partial charge in [0, 0.05) is 12.3 Å². The Morgan fingerprint density at radius 2 is 1.62 bits per heavy atom. The number of carbonyl (C=O) groups is 3. The predicted molar refractivity (Wildman–Crippen MR) is 149 cm³/mol. The molecule has 1 aliphatic rings. The summed E-state index contributed by atoms with van der Waals surface area (Å²) < 4.78 is 5.80. The monoisotopic (exact) mass is 534 g/mol. The smallest absolute Gasteiger partial charge is 0.296 e. The summed E-state index contributed by atoms with van der Waals surface area (Å²) in [5.74, 6) is -2.21. The van der Waals surface area contributed by atoms with Gasteiger partial charge >= 0.3 is 0 Å². The van der Waals surface area contributed by atoms with Crippen LogP contribution in [0.1, 0.15) is 44.4 Å². The quantitative estimate of drug-likeness (QED) is 0.239. The van der Waals surface area contributed by atoms with Crippen LogP contribution in [0.25, 0.3) is 22.1 Å². The first-order chi connectivity index (χ1) is 18.8. The zero-order chi connectivity index (χ0) is 27.3. The Morgan fingerprint density at radius 1 is 0.949 bits per heavy atom. The molecule has 0 spiro atoms. The summed E-state index contributed by atoms with van der Waals surface area (Å²) in [7, 11) is 0. The summed E-state index contributed by atoms with van der Waals surface area (Å²) in [6.07, 6.45) is 0. The van der Waals surface area contributed by atoms with Crippen LogP contribution < -0.4 is 4.90 Å². The van der Waals surface area contributed by atoms with Crippen molar-refractivity contribution >= 4 is 44.9 Å². The Bertz CT molecular complexity index is 1760. The van der Waals surface area contributed by atoms with Crippen LogP contribution in [0.4, 0.5) is 5.13 Å². The third-order valence-corrected chi connectivity index (χ3v) is 8.00. The van der Waals surface area contributed by atoms with Crippen molar-refractivity contribution in [2.24, 2.45) is 0 Å². The number of benzene rings is 3. The number of aryl methyl sites for hydroxylation is 1. The maximum absolute atomic E-state index is 13.8. The molecule has 0 bridgehead atoms. The van der Waals surface area contributed by atoms with Gasteiger partial charge in [0.15, 0.2) is 22.4 Å². The van der Waals surface area contributed by atoms with Gasteiger partial charge in [-0.15, -0.1) is 0 Å². The first kappa shape index (κ1) is 24.5. The summed E-state index contributed by atoms with van der Waals surface area (Å²) in [5.41, 5.74) is 3.46. The van der Waals surface area contributed by atoms with E-state index in [1.807, 2.05) is 66.7 Å². The minimum Gasteiger partial charge on any atom is -0.503 e. The van der Waals surface area contributed by atoms with Crippen molar-refractivity contribution in [1.29, 1.82) is 0 Å². The second-order valence-electron chi connectivity index (χ2n) is 9.27. The summed E-state index contributed by atoms with van der Waals surface area (Å²) >= 11 is 1.05. The lowest BCUT2D eigenvalue weighted by molar-refractivity contribution is -0.117. The molecular weight excluding hydrogens is 512 g/mol. The van der Waals surface area contributed by atoms with Crippen LogP contribution in [-0.2, 0) is 4.79 Å². The number of aromatic nitrogens is 1. The fraction of sp³-hybridized carbons (Fsp3) is 0.0968. The molecule has 3 aromatic carbocycles. The van der Waals surface area contributed by atoms with Gasteiger partial charge in [-0.3, -0.25) is 19.3 Å². The summed E-state index contributed by atoms with van der Waals surface area (Å²) in [6.45, 7) is 3.12. The van der Waals surface area contributed by atoms with Gasteiger partial charge in [0.05, 0.1) is 22.2 Å². The SMILES string of the molecule is CC(=O)c1sc(N2C(=O)C(O)=C(C(=O)c3cc4ccccc4o3)C2c2ccc(-c3ccccc3)cc2)nc1C. The van der Waals surface area contributed by atoms with Crippen LogP contribution in [-0.4, -0.2) is 27.6 Å². The molecular formula is C31H22N2O5S. The Kier molecular flexibility index (Phi) is 5.96. The van der Waals surface area contributed by atoms with Crippen LogP contribution in [0.5, 0.6) is 0 Å². The molecule has 1 atom stereocenters. The molecule has 39 heavy (non-hydrogen) atoms. The standard InChI is InChI=1S/C31H22N2O5S/c1-17-29(18(2)34)39-31(32-17)33-26(21-14-12-20(13-15-21)19-8-4-3-5-9-19)25(28(36)30(33)37)27(35)24-16-22-10-6-7-11-23(22)38-24/h3-16,26,36H,1-2H3. The summed E-state index contributed by atoms with van der Waals surface area (Å²) in [5, 5.41) is 12.0. The molecule has 6 rings (SSSR count). The molecule has 5 aromatic rings. The van der Waals surface area contributed by atoms with Crippen molar-refractivity contribution in [3.63, 3.8) is 0 Å². The highest BCUT2D eigenvalue weighted by Gasteiger charge is 2.46. The van der Waals surface area contributed by atoms with Gasteiger partial charge < -0.3 is 9.52 Å². The van der Waals surface area contributed by atoms with Crippen LogP contribution in [0.3, 0.4) is 0 Å². The van der Waals surface area contributed by atoms with Crippen molar-refractivity contribution in [3.05, 3.63) is 118 Å². The van der Waals surface area contributed by atoms with Crippen molar-refractivity contribution in [3.8, 4) is 11.1 Å². The second-order valence-corrected chi connectivity index (χ2v) is 10.3. The zero-order valence-corrected chi connectivity index (χ0v) is 21.9. The van der Waals surface area contributed by atoms with Crippen molar-refractivity contribution in [2.45, 2.75) is 19.9 Å². The second kappa shape index (κ2) is 9.49. The Balaban J connectivity index is 1.48. The molecule has 0 fully saturated rings. The zero-order valence-electron chi connectivity index (χ0n) is 21.0. The summed E-state index contributed by atoms with van der Waals surface area (Å²) in [4.78, 5) is 45.7. The van der Waals surface area contributed by atoms with E-state index >= 15 is 0 Å². The van der Waals surface area contributed by atoms with E-state index in [4.69, 9.17) is 4.42 Å². The number of rotatable bonds is 6. The van der Waals surface area contributed by atoms with Crippen LogP contribution in [0.15, 0.2) is 101 Å². The topological polar surface area (TPSA) is 101 Å². The molecule has 7 nitrogen and oxygen atoms in total. The third-order valence-electron chi connectivity index (χ3n) is 6.75. The van der Waals surface area contributed by atoms with Gasteiger partial charge in [0.25, 0.3) is 5.91 Å². The number of furan rings is 1. The van der Waals surface area contributed by atoms with Crippen molar-refractivity contribution in [2.75, 3.05) is 4.90 Å². The lowest BCUT2D eigenvalue weighted by atomic mass is 9.93. The Labute approximate surface area is 227 Å². The molecule has 2 aromatic heterocycles. The van der Waals surface area contributed by atoms with Crippen molar-refractivity contribution < 1.29 is 23.9 Å². The van der Waals surface area contributed by atoms with Crippen LogP contribution >= 0.6 is 11.3 Å². The van der Waals surface area contributed by atoms with Crippen LogP contribution in [0, 0.1) is 6.92 Å². The van der Waals surface area contributed by atoms with E-state index in [0.717, 1.165) is 27.8 Å². The molecule has 8 heteroatoms. The molecule has 3 heterocycles. The minimum atomic E-state index is -0.978. The highest BCUT2D eigenvalue weighted by Crippen LogP contribution is 2.44. The van der Waals surface area contributed by atoms with Gasteiger partial charge in [-0.1, -0.05) is 84.1 Å². The number of fused-ring (bicyclic) bond motifs is 1. The summed E-state index contributed by atoms with van der Waals surface area (Å²) in [6, 6.07) is 25.1. The number of para-hydroxylation sites is 1. The number of aliphatic hydroxyl groups is 1. The Hall–Kier alpha value is -4.82. The molecule has 1 aliphatic heterocycles. The van der Waals surface area contributed by atoms with E-state index in [-0.39, 0.29) is 22.2 Å². The molecule has 0 saturated heterocycles. The number of hydrogen-bond acceptors (Lipinski definition) is 7. The maximum Gasteiger partial charge on any atom is 0.296 e. The van der Waals surface area contributed by atoms with Gasteiger partial charge in [-0.25, -0.2) is 4.98 Å². The minimum absolute atomic E-state index is 0.0121. The molecule has 1 amide bonds. The van der Waals surface area contributed by atoms with Gasteiger partial charge in [0.2, 0.25) is 5.78 Å². The van der Waals surface area contributed by atoms with Gasteiger partial charge in [-0.2, -0.15) is 0 Å². The number of ketones is 2. The van der Waals surface area contributed by atoms with Gasteiger partial charge in [0.1, 0.15) is 5.58 Å². The fourth-order valence-electron chi connectivity index (χ4n) is 4.88. The van der Waals surface area contributed by atoms with Crippen LogP contribution in [0.2, 0.25) is 0 Å². The number of Topliss-reactive ketones (excluding diaryl/α,β-unsaturated/α-hetero) is 2. The first-order valence-corrected chi connectivity index (χ1v) is 13.1.